The molecule has 0 unspecified atom stereocenters. The van der Waals surface area contributed by atoms with Gasteiger partial charge in [-0.2, -0.15) is 0 Å². The Hall–Kier alpha value is -3.68. The second-order valence-corrected chi connectivity index (χ2v) is 8.31. The number of benzene rings is 2. The molecular weight excluding hydrogens is 406 g/mol. The summed E-state index contributed by atoms with van der Waals surface area (Å²) in [6.07, 6.45) is 3.10. The number of likely N-dealkylation sites (tertiary alicyclic amines) is 1. The van der Waals surface area contributed by atoms with Crippen molar-refractivity contribution in [1.29, 1.82) is 0 Å². The van der Waals surface area contributed by atoms with Gasteiger partial charge in [-0.05, 0) is 43.5 Å². The van der Waals surface area contributed by atoms with E-state index in [4.69, 9.17) is 0 Å². The number of nitrogens with one attached hydrogen (secondary N) is 2. The normalized spacial score (nSPS) is 14.9. The number of hydrogen-bond donors (Lipinski definition) is 2. The van der Waals surface area contributed by atoms with E-state index in [-0.39, 0.29) is 23.2 Å². The average Bonchev–Trinajstić information content (AvgIpc) is 3.15. The third-order valence-corrected chi connectivity index (χ3v) is 6.27. The molecular formula is C24H25N5O3. The van der Waals surface area contributed by atoms with E-state index in [1.54, 1.807) is 6.07 Å². The summed E-state index contributed by atoms with van der Waals surface area (Å²) in [5.41, 5.74) is 2.20. The third kappa shape index (κ3) is 3.84. The fourth-order valence-electron chi connectivity index (χ4n) is 4.63. The minimum atomic E-state index is -0.147. The molecule has 1 aliphatic heterocycles. The topological polar surface area (TPSA) is 104 Å². The van der Waals surface area contributed by atoms with E-state index in [1.807, 2.05) is 51.9 Å². The lowest BCUT2D eigenvalue weighted by atomic mass is 10.0. The zero-order valence-corrected chi connectivity index (χ0v) is 17.7. The van der Waals surface area contributed by atoms with Gasteiger partial charge < -0.3 is 14.9 Å². The number of amides is 1. The number of imidazole rings is 1. The molecule has 1 fully saturated rings. The van der Waals surface area contributed by atoms with Gasteiger partial charge in [0.2, 0.25) is 5.91 Å². The fourth-order valence-corrected chi connectivity index (χ4v) is 4.63. The molecule has 0 bridgehead atoms. The molecule has 32 heavy (non-hydrogen) atoms. The SMILES string of the molecule is O=C(CCCc1nc2ccccc2c(=O)[nH]1)N1CCC(n2c(=O)[nH]c3ccccc32)CC1. The number of nitrogens with zero attached hydrogens (tertiary/aromatic N) is 3. The second-order valence-electron chi connectivity index (χ2n) is 8.31. The molecule has 3 heterocycles. The van der Waals surface area contributed by atoms with E-state index in [9.17, 15) is 14.4 Å². The number of aryl methyl sites for hydroxylation is 1. The minimum Gasteiger partial charge on any atom is -0.343 e. The van der Waals surface area contributed by atoms with Gasteiger partial charge in [0.1, 0.15) is 5.82 Å². The number of hydrogen-bond acceptors (Lipinski definition) is 4. The smallest absolute Gasteiger partial charge is 0.326 e. The molecule has 0 saturated carbocycles. The predicted octanol–water partition coefficient (Wildman–Crippen LogP) is 2.75. The molecule has 8 heteroatoms. The Morgan fingerprint density at radius 3 is 2.59 bits per heavy atom. The molecule has 0 spiro atoms. The van der Waals surface area contributed by atoms with Crippen LogP contribution in [0.25, 0.3) is 21.9 Å². The maximum absolute atomic E-state index is 12.7. The van der Waals surface area contributed by atoms with Crippen LogP contribution in [0.4, 0.5) is 0 Å². The molecule has 2 aromatic heterocycles. The summed E-state index contributed by atoms with van der Waals surface area (Å²) in [6, 6.07) is 15.0. The van der Waals surface area contributed by atoms with Gasteiger partial charge in [-0.25, -0.2) is 9.78 Å². The molecule has 1 aliphatic rings. The number of rotatable bonds is 5. The maximum Gasteiger partial charge on any atom is 0.326 e. The first kappa shape index (κ1) is 20.2. The summed E-state index contributed by atoms with van der Waals surface area (Å²) in [5, 5.41) is 0.574. The molecule has 5 rings (SSSR count). The maximum atomic E-state index is 12.7. The summed E-state index contributed by atoms with van der Waals surface area (Å²) < 4.78 is 1.83. The van der Waals surface area contributed by atoms with Crippen molar-refractivity contribution in [3.8, 4) is 0 Å². The number of aromatic nitrogens is 4. The Morgan fingerprint density at radius 1 is 1.00 bits per heavy atom. The highest BCUT2D eigenvalue weighted by molar-refractivity contribution is 5.78. The van der Waals surface area contributed by atoms with Crippen molar-refractivity contribution in [2.75, 3.05) is 13.1 Å². The highest BCUT2D eigenvalue weighted by Crippen LogP contribution is 2.25. The molecule has 4 aromatic rings. The van der Waals surface area contributed by atoms with E-state index in [2.05, 4.69) is 15.0 Å². The van der Waals surface area contributed by atoms with E-state index in [0.717, 1.165) is 23.9 Å². The van der Waals surface area contributed by atoms with Crippen LogP contribution in [0.1, 0.15) is 37.5 Å². The van der Waals surface area contributed by atoms with Crippen LogP contribution in [0.5, 0.6) is 0 Å². The standard InChI is InChI=1S/C24H25N5O3/c30-22(11-5-10-21-25-18-7-2-1-6-17(18)23(31)27-21)28-14-12-16(13-15-28)29-20-9-4-3-8-19(20)26-24(29)32/h1-4,6-9,16H,5,10-15H2,(H,26,32)(H,25,27,31). The van der Waals surface area contributed by atoms with Crippen LogP contribution >= 0.6 is 0 Å². The van der Waals surface area contributed by atoms with Gasteiger partial charge in [0, 0.05) is 32.0 Å². The quantitative estimate of drug-likeness (QED) is 0.507. The molecule has 1 amide bonds. The number of aromatic amines is 2. The zero-order chi connectivity index (χ0) is 22.1. The molecule has 0 aliphatic carbocycles. The average molecular weight is 431 g/mol. The van der Waals surface area contributed by atoms with Crippen molar-refractivity contribution in [2.45, 2.75) is 38.1 Å². The van der Waals surface area contributed by atoms with Gasteiger partial charge in [0.05, 0.1) is 21.9 Å². The van der Waals surface area contributed by atoms with Gasteiger partial charge >= 0.3 is 5.69 Å². The Balaban J connectivity index is 1.17. The number of para-hydroxylation sites is 3. The second kappa shape index (κ2) is 8.45. The van der Waals surface area contributed by atoms with E-state index in [1.165, 1.54) is 0 Å². The van der Waals surface area contributed by atoms with Crippen molar-refractivity contribution >= 4 is 27.8 Å². The monoisotopic (exact) mass is 431 g/mol. The largest absolute Gasteiger partial charge is 0.343 e. The molecule has 164 valence electrons. The Bertz CT molecular complexity index is 1390. The zero-order valence-electron chi connectivity index (χ0n) is 17.7. The highest BCUT2D eigenvalue weighted by atomic mass is 16.2. The van der Waals surface area contributed by atoms with Crippen molar-refractivity contribution in [2.24, 2.45) is 0 Å². The van der Waals surface area contributed by atoms with Crippen LogP contribution in [0.3, 0.4) is 0 Å². The Labute approximate surface area is 183 Å². The highest BCUT2D eigenvalue weighted by Gasteiger charge is 2.25. The van der Waals surface area contributed by atoms with Crippen LogP contribution in [0.15, 0.2) is 58.1 Å². The van der Waals surface area contributed by atoms with Crippen molar-refractivity contribution in [3.05, 3.63) is 75.2 Å². The summed E-state index contributed by atoms with van der Waals surface area (Å²) in [6.45, 7) is 1.28. The van der Waals surface area contributed by atoms with Gasteiger partial charge in [-0.3, -0.25) is 14.2 Å². The van der Waals surface area contributed by atoms with Gasteiger partial charge in [-0.1, -0.05) is 24.3 Å². The summed E-state index contributed by atoms with van der Waals surface area (Å²) in [7, 11) is 0. The number of piperidine rings is 1. The van der Waals surface area contributed by atoms with Crippen LogP contribution in [-0.4, -0.2) is 43.4 Å². The molecule has 0 atom stereocenters. The van der Waals surface area contributed by atoms with Gasteiger partial charge in [-0.15, -0.1) is 0 Å². The lowest BCUT2D eigenvalue weighted by Gasteiger charge is -2.32. The molecule has 0 radical (unpaired) electrons. The first-order valence-electron chi connectivity index (χ1n) is 11.0. The molecule has 1 saturated heterocycles. The van der Waals surface area contributed by atoms with Crippen LogP contribution in [-0.2, 0) is 11.2 Å². The molecule has 2 aromatic carbocycles. The number of H-pyrrole nitrogens is 2. The molecule has 8 nitrogen and oxygen atoms in total. The number of carbonyl (C=O) groups excluding carboxylic acids is 1. The van der Waals surface area contributed by atoms with E-state index in [0.29, 0.717) is 49.1 Å². The lowest BCUT2D eigenvalue weighted by Crippen LogP contribution is -2.40. The summed E-state index contributed by atoms with van der Waals surface area (Å²) in [4.78, 5) is 49.4. The van der Waals surface area contributed by atoms with Gasteiger partial charge in [0.15, 0.2) is 0 Å². The van der Waals surface area contributed by atoms with Crippen LogP contribution in [0, 0.1) is 0 Å². The van der Waals surface area contributed by atoms with Crippen molar-refractivity contribution < 1.29 is 4.79 Å². The van der Waals surface area contributed by atoms with E-state index >= 15 is 0 Å². The third-order valence-electron chi connectivity index (χ3n) is 6.27. The first-order valence-corrected chi connectivity index (χ1v) is 11.0. The molecule has 2 N–H and O–H groups in total. The van der Waals surface area contributed by atoms with Crippen LogP contribution in [0.2, 0.25) is 0 Å². The fraction of sp³-hybridized carbons (Fsp3) is 0.333. The number of carbonyl (C=O) groups is 1. The minimum absolute atomic E-state index is 0.0900. The van der Waals surface area contributed by atoms with Crippen molar-refractivity contribution in [3.63, 3.8) is 0 Å². The Kier molecular flexibility index (Phi) is 5.34. The van der Waals surface area contributed by atoms with Gasteiger partial charge in [0.25, 0.3) is 5.56 Å². The predicted molar refractivity (Wildman–Crippen MR) is 123 cm³/mol. The Morgan fingerprint density at radius 2 is 1.75 bits per heavy atom. The summed E-state index contributed by atoms with van der Waals surface area (Å²) in [5.74, 6) is 0.719. The lowest BCUT2D eigenvalue weighted by molar-refractivity contribution is -0.132. The van der Waals surface area contributed by atoms with Crippen molar-refractivity contribution in [1.82, 2.24) is 24.4 Å². The van der Waals surface area contributed by atoms with E-state index < -0.39 is 0 Å². The summed E-state index contributed by atoms with van der Waals surface area (Å²) >= 11 is 0. The van der Waals surface area contributed by atoms with Crippen LogP contribution < -0.4 is 11.2 Å². The first-order chi connectivity index (χ1) is 15.6. The number of fused-ring (bicyclic) bond motifs is 2.